The first-order valence-electron chi connectivity index (χ1n) is 10.3. The first-order valence-corrected chi connectivity index (χ1v) is 11.8. The fraction of sp³-hybridized carbons (Fsp3) is 0.160. The van der Waals surface area contributed by atoms with Crippen LogP contribution in [0.1, 0.15) is 18.1 Å². The number of aryl methyl sites for hydroxylation is 1. The maximum absolute atomic E-state index is 13.4. The van der Waals surface area contributed by atoms with Gasteiger partial charge in [-0.2, -0.15) is 4.98 Å². The minimum Gasteiger partial charge on any atom is -0.497 e. The number of ether oxygens (including phenoxy) is 1. The van der Waals surface area contributed by atoms with E-state index in [1.807, 2.05) is 49.4 Å². The average molecular weight is 449 g/mol. The van der Waals surface area contributed by atoms with Gasteiger partial charge >= 0.3 is 0 Å². The van der Waals surface area contributed by atoms with Crippen molar-refractivity contribution >= 4 is 15.7 Å². The molecule has 0 radical (unpaired) electrons. The fourth-order valence-electron chi connectivity index (χ4n) is 3.27. The highest BCUT2D eigenvalue weighted by Crippen LogP contribution is 2.33. The molecule has 4 aromatic rings. The lowest BCUT2D eigenvalue weighted by Crippen LogP contribution is -2.07. The Labute approximate surface area is 187 Å². The average Bonchev–Trinajstić information content (AvgIpc) is 3.29. The molecule has 6 nitrogen and oxygen atoms in total. The Hall–Kier alpha value is -3.58. The number of aromatic nitrogens is 1. The predicted octanol–water partition coefficient (Wildman–Crippen LogP) is 5.36. The molecule has 7 heteroatoms. The minimum absolute atomic E-state index is 0.103. The Morgan fingerprint density at radius 2 is 1.69 bits per heavy atom. The number of sulfone groups is 1. The van der Waals surface area contributed by atoms with Gasteiger partial charge in [0, 0.05) is 12.1 Å². The molecule has 0 spiro atoms. The molecular formula is C25H24N2O4S. The summed E-state index contributed by atoms with van der Waals surface area (Å²) in [6.07, 6.45) is 0.828. The van der Waals surface area contributed by atoms with Crippen LogP contribution in [0, 0.1) is 0 Å². The summed E-state index contributed by atoms with van der Waals surface area (Å²) in [4.78, 5) is 4.56. The predicted molar refractivity (Wildman–Crippen MR) is 124 cm³/mol. The zero-order chi connectivity index (χ0) is 22.6. The highest BCUT2D eigenvalue weighted by atomic mass is 32.2. The van der Waals surface area contributed by atoms with Crippen molar-refractivity contribution in [2.45, 2.75) is 29.8 Å². The second kappa shape index (κ2) is 9.28. The summed E-state index contributed by atoms with van der Waals surface area (Å²) in [7, 11) is -2.33. The molecule has 164 valence electrons. The fourth-order valence-corrected chi connectivity index (χ4v) is 4.55. The first kappa shape index (κ1) is 21.6. The quantitative estimate of drug-likeness (QED) is 0.391. The van der Waals surface area contributed by atoms with Gasteiger partial charge in [-0.15, -0.1) is 0 Å². The SMILES string of the molecule is CCc1ccc(S(=O)(=O)c2nc(-c3cccc(OC)c3)oc2NCc2ccccc2)cc1. The third-order valence-electron chi connectivity index (χ3n) is 5.11. The molecule has 0 amide bonds. The number of anilines is 1. The van der Waals surface area contributed by atoms with Gasteiger partial charge in [-0.05, 0) is 47.9 Å². The number of methoxy groups -OCH3 is 1. The standard InChI is InChI=1S/C25H24N2O4S/c1-3-18-12-14-22(15-13-18)32(28,29)25-24(26-17-19-8-5-4-6-9-19)31-23(27-25)20-10-7-11-21(16-20)30-2/h4-16,26H,3,17H2,1-2H3. The van der Waals surface area contributed by atoms with E-state index in [0.717, 1.165) is 17.5 Å². The van der Waals surface area contributed by atoms with Gasteiger partial charge in [0.15, 0.2) is 0 Å². The van der Waals surface area contributed by atoms with Crippen LogP contribution < -0.4 is 10.1 Å². The van der Waals surface area contributed by atoms with Crippen molar-refractivity contribution in [2.75, 3.05) is 12.4 Å². The number of hydrogen-bond donors (Lipinski definition) is 1. The van der Waals surface area contributed by atoms with Gasteiger partial charge in [0.2, 0.25) is 26.6 Å². The van der Waals surface area contributed by atoms with E-state index < -0.39 is 9.84 Å². The van der Waals surface area contributed by atoms with Crippen LogP contribution in [0.3, 0.4) is 0 Å². The van der Waals surface area contributed by atoms with Crippen LogP contribution in [-0.4, -0.2) is 20.5 Å². The number of nitrogens with one attached hydrogen (secondary N) is 1. The summed E-state index contributed by atoms with van der Waals surface area (Å²) >= 11 is 0. The molecule has 0 atom stereocenters. The summed E-state index contributed by atoms with van der Waals surface area (Å²) in [5, 5.41) is 2.96. The Morgan fingerprint density at radius 1 is 0.938 bits per heavy atom. The number of oxazole rings is 1. The van der Waals surface area contributed by atoms with Crippen LogP contribution in [0.5, 0.6) is 5.75 Å². The molecule has 4 rings (SSSR count). The van der Waals surface area contributed by atoms with Crippen LogP contribution in [0.4, 0.5) is 5.88 Å². The molecule has 3 aromatic carbocycles. The summed E-state index contributed by atoms with van der Waals surface area (Å²) in [5.41, 5.74) is 2.67. The third-order valence-corrected chi connectivity index (χ3v) is 6.78. The summed E-state index contributed by atoms with van der Waals surface area (Å²) in [5.74, 6) is 0.925. The second-order valence-electron chi connectivity index (χ2n) is 7.23. The van der Waals surface area contributed by atoms with Crippen molar-refractivity contribution in [2.24, 2.45) is 0 Å². The van der Waals surface area contributed by atoms with Crippen LogP contribution in [0.2, 0.25) is 0 Å². The van der Waals surface area contributed by atoms with E-state index in [0.29, 0.717) is 17.9 Å². The van der Waals surface area contributed by atoms with E-state index in [2.05, 4.69) is 10.3 Å². The number of nitrogens with zero attached hydrogens (tertiary/aromatic N) is 1. The van der Waals surface area contributed by atoms with Gasteiger partial charge in [-0.25, -0.2) is 8.42 Å². The molecule has 1 aromatic heterocycles. The van der Waals surface area contributed by atoms with Crippen molar-refractivity contribution in [3.05, 3.63) is 90.0 Å². The maximum Gasteiger partial charge on any atom is 0.234 e. The second-order valence-corrected chi connectivity index (χ2v) is 9.09. The van der Waals surface area contributed by atoms with Crippen molar-refractivity contribution in [3.8, 4) is 17.2 Å². The minimum atomic E-state index is -3.90. The van der Waals surface area contributed by atoms with Gasteiger partial charge in [-0.3, -0.25) is 0 Å². The van der Waals surface area contributed by atoms with Crippen molar-refractivity contribution in [1.82, 2.24) is 4.98 Å². The van der Waals surface area contributed by atoms with Crippen LogP contribution in [0.15, 0.2) is 93.2 Å². The Kier molecular flexibility index (Phi) is 6.28. The molecule has 0 saturated heterocycles. The van der Waals surface area contributed by atoms with E-state index in [1.54, 1.807) is 43.5 Å². The van der Waals surface area contributed by atoms with Crippen LogP contribution >= 0.6 is 0 Å². The molecule has 1 N–H and O–H groups in total. The van der Waals surface area contributed by atoms with Gasteiger partial charge in [-0.1, -0.05) is 55.5 Å². The van der Waals surface area contributed by atoms with E-state index in [1.165, 1.54) is 0 Å². The zero-order valence-electron chi connectivity index (χ0n) is 17.9. The van der Waals surface area contributed by atoms with Gasteiger partial charge in [0.05, 0.1) is 12.0 Å². The lowest BCUT2D eigenvalue weighted by molar-refractivity contribution is 0.415. The van der Waals surface area contributed by atoms with E-state index in [9.17, 15) is 8.42 Å². The summed E-state index contributed by atoms with van der Waals surface area (Å²) in [6.45, 7) is 2.41. The molecule has 0 aliphatic heterocycles. The molecule has 32 heavy (non-hydrogen) atoms. The molecule has 0 fully saturated rings. The number of hydrogen-bond acceptors (Lipinski definition) is 6. The molecule has 0 aliphatic rings. The smallest absolute Gasteiger partial charge is 0.234 e. The van der Waals surface area contributed by atoms with Crippen molar-refractivity contribution in [1.29, 1.82) is 0 Å². The summed E-state index contributed by atoms with van der Waals surface area (Å²) < 4.78 is 38.1. The van der Waals surface area contributed by atoms with Gasteiger partial charge < -0.3 is 14.5 Å². The van der Waals surface area contributed by atoms with E-state index in [-0.39, 0.29) is 21.7 Å². The monoisotopic (exact) mass is 448 g/mol. The molecular weight excluding hydrogens is 424 g/mol. The summed E-state index contributed by atoms with van der Waals surface area (Å²) in [6, 6.07) is 23.6. The van der Waals surface area contributed by atoms with Gasteiger partial charge in [0.25, 0.3) is 0 Å². The highest BCUT2D eigenvalue weighted by molar-refractivity contribution is 7.91. The molecule has 0 aliphatic carbocycles. The Balaban J connectivity index is 1.76. The molecule has 0 saturated carbocycles. The lowest BCUT2D eigenvalue weighted by Gasteiger charge is -2.07. The largest absolute Gasteiger partial charge is 0.497 e. The molecule has 0 bridgehead atoms. The van der Waals surface area contributed by atoms with E-state index >= 15 is 0 Å². The Bertz CT molecular complexity index is 1300. The lowest BCUT2D eigenvalue weighted by atomic mass is 10.2. The maximum atomic E-state index is 13.4. The third kappa shape index (κ3) is 4.53. The normalized spacial score (nSPS) is 11.3. The highest BCUT2D eigenvalue weighted by Gasteiger charge is 2.28. The van der Waals surface area contributed by atoms with Crippen LogP contribution in [0.25, 0.3) is 11.5 Å². The van der Waals surface area contributed by atoms with Crippen molar-refractivity contribution in [3.63, 3.8) is 0 Å². The van der Waals surface area contributed by atoms with Crippen molar-refractivity contribution < 1.29 is 17.6 Å². The number of rotatable bonds is 8. The van der Waals surface area contributed by atoms with Crippen LogP contribution in [-0.2, 0) is 22.8 Å². The Morgan fingerprint density at radius 3 is 2.38 bits per heavy atom. The molecule has 0 unspecified atom stereocenters. The zero-order valence-corrected chi connectivity index (χ0v) is 18.7. The number of benzene rings is 3. The van der Waals surface area contributed by atoms with Gasteiger partial charge in [0.1, 0.15) is 5.75 Å². The topological polar surface area (TPSA) is 81.4 Å². The van der Waals surface area contributed by atoms with E-state index in [4.69, 9.17) is 9.15 Å². The first-order chi connectivity index (χ1) is 15.5. The molecule has 1 heterocycles.